The average molecular weight is 474 g/mol. The number of phenolic OH excluding ortho intramolecular Hbond substituents is 1. The summed E-state index contributed by atoms with van der Waals surface area (Å²) in [5.41, 5.74) is 10.0. The largest absolute Gasteiger partial charge is 0.507 e. The number of primary amides is 2. The second-order valence-corrected chi connectivity index (χ2v) is 9.17. The zero-order valence-electron chi connectivity index (χ0n) is 20.1. The fraction of sp³-hybridized carbons (Fsp3) is 0.577. The van der Waals surface area contributed by atoms with E-state index in [0.717, 1.165) is 44.9 Å². The number of carbonyl (C=O) groups is 3. The summed E-state index contributed by atoms with van der Waals surface area (Å²) in [4.78, 5) is 38.9. The lowest BCUT2D eigenvalue weighted by Crippen LogP contribution is -2.60. The lowest BCUT2D eigenvalue weighted by molar-refractivity contribution is -0.130. The van der Waals surface area contributed by atoms with Crippen LogP contribution in [0.1, 0.15) is 87.9 Å². The van der Waals surface area contributed by atoms with E-state index in [4.69, 9.17) is 11.5 Å². The summed E-state index contributed by atoms with van der Waals surface area (Å²) >= 11 is 0. The molecule has 8 nitrogen and oxygen atoms in total. The van der Waals surface area contributed by atoms with Gasteiger partial charge in [0, 0.05) is 12.6 Å². The van der Waals surface area contributed by atoms with Crippen LogP contribution >= 0.6 is 0 Å². The maximum absolute atomic E-state index is 13.4. The molecule has 0 aliphatic carbocycles. The third-order valence-corrected chi connectivity index (χ3v) is 6.83. The SMILES string of the molecule is CCCCCC[C@H](CCCCC[C@@H](O)C(N)=O)C1(C(N)=O)CC=CN1C(=O)c1ccccc1O. The van der Waals surface area contributed by atoms with Crippen molar-refractivity contribution >= 4 is 17.7 Å². The van der Waals surface area contributed by atoms with Crippen molar-refractivity contribution in [1.82, 2.24) is 4.90 Å². The number of aliphatic hydroxyl groups excluding tert-OH is 1. The van der Waals surface area contributed by atoms with Gasteiger partial charge in [-0.2, -0.15) is 0 Å². The van der Waals surface area contributed by atoms with Gasteiger partial charge in [0.1, 0.15) is 17.4 Å². The summed E-state index contributed by atoms with van der Waals surface area (Å²) in [5.74, 6) is -2.03. The molecule has 3 atom stereocenters. The zero-order chi connectivity index (χ0) is 25.1. The third kappa shape index (κ3) is 6.59. The number of aliphatic hydroxyl groups is 1. The molecule has 0 spiro atoms. The Morgan fingerprint density at radius 3 is 2.21 bits per heavy atom. The van der Waals surface area contributed by atoms with E-state index in [2.05, 4.69) is 6.92 Å². The van der Waals surface area contributed by atoms with Crippen LogP contribution in [0.3, 0.4) is 0 Å². The highest BCUT2D eigenvalue weighted by atomic mass is 16.3. The first kappa shape index (κ1) is 27.4. The van der Waals surface area contributed by atoms with Crippen molar-refractivity contribution in [2.24, 2.45) is 17.4 Å². The molecule has 1 heterocycles. The molecule has 1 unspecified atom stereocenters. The van der Waals surface area contributed by atoms with Gasteiger partial charge in [0.2, 0.25) is 11.8 Å². The van der Waals surface area contributed by atoms with Gasteiger partial charge in [0.05, 0.1) is 5.56 Å². The minimum Gasteiger partial charge on any atom is -0.507 e. The van der Waals surface area contributed by atoms with Crippen LogP contribution in [0.4, 0.5) is 0 Å². The molecule has 1 aromatic rings. The molecule has 3 amide bonds. The topological polar surface area (TPSA) is 147 Å². The molecule has 188 valence electrons. The minimum absolute atomic E-state index is 0.129. The van der Waals surface area contributed by atoms with E-state index >= 15 is 0 Å². The number of amides is 3. The second-order valence-electron chi connectivity index (χ2n) is 9.17. The van der Waals surface area contributed by atoms with Crippen LogP contribution in [0.5, 0.6) is 5.75 Å². The van der Waals surface area contributed by atoms with Gasteiger partial charge in [-0.1, -0.05) is 70.1 Å². The molecule has 6 N–H and O–H groups in total. The Morgan fingerprint density at radius 2 is 1.62 bits per heavy atom. The lowest BCUT2D eigenvalue weighted by Gasteiger charge is -2.42. The Morgan fingerprint density at radius 1 is 1.00 bits per heavy atom. The molecule has 1 aliphatic heterocycles. The Balaban J connectivity index is 2.22. The summed E-state index contributed by atoms with van der Waals surface area (Å²) in [6.07, 6.45) is 10.6. The molecular formula is C26H39N3O5. The highest BCUT2D eigenvalue weighted by Gasteiger charge is 2.51. The van der Waals surface area contributed by atoms with Crippen LogP contribution in [0.25, 0.3) is 0 Å². The quantitative estimate of drug-likeness (QED) is 0.288. The molecule has 0 saturated carbocycles. The standard InChI is InChI=1S/C26H39N3O5/c1-2-3-4-6-12-19(13-7-5-8-16-22(31)23(27)32)26(25(28)34)17-11-18-29(26)24(33)20-14-9-10-15-21(20)30/h9-11,14-15,18-19,22,30-31H,2-8,12-13,16-17H2,1H3,(H2,27,32)(H2,28,34)/t19-,22-,26?/m1/s1. The molecule has 2 rings (SSSR count). The number of benzene rings is 1. The molecular weight excluding hydrogens is 434 g/mol. The second kappa shape index (κ2) is 13.1. The number of carbonyl (C=O) groups excluding carboxylic acids is 3. The maximum atomic E-state index is 13.4. The zero-order valence-corrected chi connectivity index (χ0v) is 20.1. The van der Waals surface area contributed by atoms with Gasteiger partial charge in [-0.3, -0.25) is 19.3 Å². The molecule has 0 fully saturated rings. The predicted octanol–water partition coefficient (Wildman–Crippen LogP) is 3.36. The first-order valence-corrected chi connectivity index (χ1v) is 12.3. The van der Waals surface area contributed by atoms with Crippen LogP contribution in [-0.4, -0.2) is 44.5 Å². The van der Waals surface area contributed by atoms with Gasteiger partial charge in [0.15, 0.2) is 0 Å². The molecule has 1 aliphatic rings. The summed E-state index contributed by atoms with van der Waals surface area (Å²) in [6.45, 7) is 2.14. The average Bonchev–Trinajstić information content (AvgIpc) is 3.26. The number of hydrogen-bond donors (Lipinski definition) is 4. The summed E-state index contributed by atoms with van der Waals surface area (Å²) in [5, 5.41) is 19.8. The molecule has 34 heavy (non-hydrogen) atoms. The number of nitrogens with two attached hydrogens (primary N) is 2. The van der Waals surface area contributed by atoms with Crippen LogP contribution in [-0.2, 0) is 9.59 Å². The Kier molecular flexibility index (Phi) is 10.6. The Bertz CT molecular complexity index is 872. The fourth-order valence-electron chi connectivity index (χ4n) is 4.87. The monoisotopic (exact) mass is 473 g/mol. The van der Waals surface area contributed by atoms with Crippen LogP contribution in [0.15, 0.2) is 36.5 Å². The van der Waals surface area contributed by atoms with Crippen molar-refractivity contribution in [2.45, 2.75) is 89.2 Å². The first-order valence-electron chi connectivity index (χ1n) is 12.3. The molecule has 8 heteroatoms. The number of rotatable bonds is 15. The molecule has 0 bridgehead atoms. The van der Waals surface area contributed by atoms with Gasteiger partial charge >= 0.3 is 0 Å². The molecule has 1 aromatic carbocycles. The van der Waals surface area contributed by atoms with Crippen molar-refractivity contribution < 1.29 is 24.6 Å². The third-order valence-electron chi connectivity index (χ3n) is 6.83. The van der Waals surface area contributed by atoms with Gasteiger partial charge in [-0.15, -0.1) is 0 Å². The Hall–Kier alpha value is -2.87. The van der Waals surface area contributed by atoms with Crippen molar-refractivity contribution in [2.75, 3.05) is 0 Å². The molecule has 0 aromatic heterocycles. The van der Waals surface area contributed by atoms with E-state index < -0.39 is 29.4 Å². The number of hydrogen-bond acceptors (Lipinski definition) is 5. The summed E-state index contributed by atoms with van der Waals surface area (Å²) in [6, 6.07) is 6.29. The molecule has 0 saturated heterocycles. The maximum Gasteiger partial charge on any atom is 0.262 e. The lowest BCUT2D eigenvalue weighted by atomic mass is 9.74. The van der Waals surface area contributed by atoms with Gasteiger partial charge < -0.3 is 21.7 Å². The highest BCUT2D eigenvalue weighted by molar-refractivity contribution is 6.02. The van der Waals surface area contributed by atoms with Crippen molar-refractivity contribution in [1.29, 1.82) is 0 Å². The van der Waals surface area contributed by atoms with Crippen molar-refractivity contribution in [3.63, 3.8) is 0 Å². The van der Waals surface area contributed by atoms with Crippen LogP contribution in [0.2, 0.25) is 0 Å². The summed E-state index contributed by atoms with van der Waals surface area (Å²) < 4.78 is 0. The number of para-hydroxylation sites is 1. The molecule has 0 radical (unpaired) electrons. The number of unbranched alkanes of at least 4 members (excludes halogenated alkanes) is 5. The van der Waals surface area contributed by atoms with Gasteiger partial charge in [-0.05, 0) is 37.3 Å². The predicted molar refractivity (Wildman–Crippen MR) is 130 cm³/mol. The number of phenols is 1. The van der Waals surface area contributed by atoms with Crippen LogP contribution in [0, 0.1) is 5.92 Å². The Labute approximate surface area is 202 Å². The summed E-state index contributed by atoms with van der Waals surface area (Å²) in [7, 11) is 0. The number of aromatic hydroxyl groups is 1. The smallest absolute Gasteiger partial charge is 0.262 e. The van der Waals surface area contributed by atoms with E-state index in [1.165, 1.54) is 17.0 Å². The van der Waals surface area contributed by atoms with E-state index in [9.17, 15) is 24.6 Å². The highest BCUT2D eigenvalue weighted by Crippen LogP contribution is 2.41. The van der Waals surface area contributed by atoms with E-state index in [1.54, 1.807) is 24.4 Å². The number of nitrogens with zero attached hydrogens (tertiary/aromatic N) is 1. The van der Waals surface area contributed by atoms with Gasteiger partial charge in [0.25, 0.3) is 5.91 Å². The van der Waals surface area contributed by atoms with Crippen molar-refractivity contribution in [3.8, 4) is 5.75 Å². The van der Waals surface area contributed by atoms with Gasteiger partial charge in [-0.25, -0.2) is 0 Å². The first-order chi connectivity index (χ1) is 16.3. The van der Waals surface area contributed by atoms with E-state index in [0.29, 0.717) is 25.7 Å². The van der Waals surface area contributed by atoms with E-state index in [-0.39, 0.29) is 17.2 Å². The minimum atomic E-state index is -1.20. The normalized spacial score (nSPS) is 19.2. The van der Waals surface area contributed by atoms with Crippen molar-refractivity contribution in [3.05, 3.63) is 42.1 Å². The van der Waals surface area contributed by atoms with E-state index in [1.807, 2.05) is 0 Å². The fourth-order valence-corrected chi connectivity index (χ4v) is 4.87. The van der Waals surface area contributed by atoms with Crippen LogP contribution < -0.4 is 11.5 Å².